The smallest absolute Gasteiger partial charge is 0.326 e. The Bertz CT molecular complexity index is 583. The molecule has 1 aromatic carbocycles. The molecule has 0 saturated carbocycles. The van der Waals surface area contributed by atoms with Gasteiger partial charge < -0.3 is 15.6 Å². The lowest BCUT2D eigenvalue weighted by atomic mass is 10.1. The molecule has 0 amide bonds. The summed E-state index contributed by atoms with van der Waals surface area (Å²) >= 11 is 1.41. The molecule has 0 saturated heterocycles. The van der Waals surface area contributed by atoms with E-state index in [9.17, 15) is 4.79 Å². The number of carbonyl (C=O) groups is 1. The predicted molar refractivity (Wildman–Crippen MR) is 72.5 cm³/mol. The van der Waals surface area contributed by atoms with Gasteiger partial charge in [0.05, 0.1) is 17.8 Å². The van der Waals surface area contributed by atoms with Gasteiger partial charge in [0.25, 0.3) is 0 Å². The second-order valence-electron chi connectivity index (χ2n) is 4.01. The maximum Gasteiger partial charge on any atom is 0.326 e. The SMILES string of the molecule is COc1cccc(Cc2nc(C(N)C(=O)O)cs2)c1. The number of aliphatic carboxylic acids is 1. The summed E-state index contributed by atoms with van der Waals surface area (Å²) in [7, 11) is 1.62. The molecule has 0 fully saturated rings. The van der Waals surface area contributed by atoms with Crippen molar-refractivity contribution in [3.8, 4) is 5.75 Å². The van der Waals surface area contributed by atoms with Crippen molar-refractivity contribution in [1.29, 1.82) is 0 Å². The van der Waals surface area contributed by atoms with Crippen LogP contribution in [0.5, 0.6) is 5.75 Å². The van der Waals surface area contributed by atoms with E-state index in [-0.39, 0.29) is 0 Å². The van der Waals surface area contributed by atoms with E-state index in [2.05, 4.69) is 4.98 Å². The van der Waals surface area contributed by atoms with E-state index in [4.69, 9.17) is 15.6 Å². The number of thiazole rings is 1. The van der Waals surface area contributed by atoms with Crippen LogP contribution < -0.4 is 10.5 Å². The van der Waals surface area contributed by atoms with Crippen LogP contribution in [0.4, 0.5) is 0 Å². The Morgan fingerprint density at radius 3 is 3.05 bits per heavy atom. The first-order chi connectivity index (χ1) is 9.10. The Balaban J connectivity index is 2.13. The fourth-order valence-electron chi connectivity index (χ4n) is 1.63. The summed E-state index contributed by atoms with van der Waals surface area (Å²) in [5.41, 5.74) is 6.97. The molecule has 2 aromatic rings. The van der Waals surface area contributed by atoms with E-state index >= 15 is 0 Å². The number of rotatable bonds is 5. The van der Waals surface area contributed by atoms with Crippen molar-refractivity contribution in [2.24, 2.45) is 5.73 Å². The average molecular weight is 278 g/mol. The molecule has 0 aliphatic carbocycles. The molecule has 0 aliphatic rings. The van der Waals surface area contributed by atoms with Crippen LogP contribution in [0.25, 0.3) is 0 Å². The number of nitrogens with two attached hydrogens (primary N) is 1. The molecular formula is C13H14N2O3S. The Morgan fingerprint density at radius 2 is 2.37 bits per heavy atom. The second-order valence-corrected chi connectivity index (χ2v) is 4.95. The van der Waals surface area contributed by atoms with Crippen LogP contribution in [0.2, 0.25) is 0 Å². The Morgan fingerprint density at radius 1 is 1.58 bits per heavy atom. The number of aromatic nitrogens is 1. The van der Waals surface area contributed by atoms with Gasteiger partial charge in [-0.2, -0.15) is 0 Å². The number of carboxylic acid groups (broad SMARTS) is 1. The third-order valence-corrected chi connectivity index (χ3v) is 3.51. The molecule has 1 aromatic heterocycles. The molecule has 0 aliphatic heterocycles. The number of hydrogen-bond donors (Lipinski definition) is 2. The van der Waals surface area contributed by atoms with Crippen molar-refractivity contribution < 1.29 is 14.6 Å². The van der Waals surface area contributed by atoms with E-state index in [1.54, 1.807) is 12.5 Å². The Labute approximate surface area is 114 Å². The summed E-state index contributed by atoms with van der Waals surface area (Å²) in [6.45, 7) is 0. The quantitative estimate of drug-likeness (QED) is 0.871. The van der Waals surface area contributed by atoms with Crippen LogP contribution in [0.3, 0.4) is 0 Å². The third kappa shape index (κ3) is 3.30. The lowest BCUT2D eigenvalue weighted by molar-refractivity contribution is -0.138. The van der Waals surface area contributed by atoms with Gasteiger partial charge in [0.1, 0.15) is 11.8 Å². The normalized spacial score (nSPS) is 12.1. The van der Waals surface area contributed by atoms with Crippen LogP contribution in [0.15, 0.2) is 29.6 Å². The topological polar surface area (TPSA) is 85.4 Å². The van der Waals surface area contributed by atoms with Crippen molar-refractivity contribution in [2.75, 3.05) is 7.11 Å². The highest BCUT2D eigenvalue weighted by Gasteiger charge is 2.17. The van der Waals surface area contributed by atoms with Crippen molar-refractivity contribution in [2.45, 2.75) is 12.5 Å². The highest BCUT2D eigenvalue weighted by atomic mass is 32.1. The number of benzene rings is 1. The number of hydrogen-bond acceptors (Lipinski definition) is 5. The molecule has 3 N–H and O–H groups in total. The largest absolute Gasteiger partial charge is 0.497 e. The predicted octanol–water partition coefficient (Wildman–Crippen LogP) is 1.83. The molecule has 0 bridgehead atoms. The van der Waals surface area contributed by atoms with Crippen LogP contribution in [0, 0.1) is 0 Å². The standard InChI is InChI=1S/C13H14N2O3S/c1-18-9-4-2-3-8(5-9)6-11-15-10(7-19-11)12(14)13(16)17/h2-5,7,12H,6,14H2,1H3,(H,16,17). The number of carboxylic acids is 1. The Hall–Kier alpha value is -1.92. The van der Waals surface area contributed by atoms with Gasteiger partial charge in [-0.3, -0.25) is 4.79 Å². The molecule has 1 unspecified atom stereocenters. The molecular weight excluding hydrogens is 264 g/mol. The summed E-state index contributed by atoms with van der Waals surface area (Å²) in [4.78, 5) is 15.0. The first-order valence-electron chi connectivity index (χ1n) is 5.65. The minimum absolute atomic E-state index is 0.399. The first kappa shape index (κ1) is 13.5. The molecule has 0 spiro atoms. The third-order valence-electron chi connectivity index (χ3n) is 2.64. The lowest BCUT2D eigenvalue weighted by Gasteiger charge is -2.03. The van der Waals surface area contributed by atoms with Gasteiger partial charge in [-0.1, -0.05) is 12.1 Å². The molecule has 1 heterocycles. The fourth-order valence-corrected chi connectivity index (χ4v) is 2.50. The fraction of sp³-hybridized carbons (Fsp3) is 0.231. The van der Waals surface area contributed by atoms with Crippen LogP contribution >= 0.6 is 11.3 Å². The van der Waals surface area contributed by atoms with Gasteiger partial charge in [-0.25, -0.2) is 4.98 Å². The number of methoxy groups -OCH3 is 1. The van der Waals surface area contributed by atoms with Gasteiger partial charge in [-0.05, 0) is 17.7 Å². The summed E-state index contributed by atoms with van der Waals surface area (Å²) in [6, 6.07) is 6.62. The van der Waals surface area contributed by atoms with Crippen molar-refractivity contribution in [1.82, 2.24) is 4.98 Å². The highest BCUT2D eigenvalue weighted by molar-refractivity contribution is 7.09. The van der Waals surface area contributed by atoms with Crippen molar-refractivity contribution >= 4 is 17.3 Å². The van der Waals surface area contributed by atoms with E-state index < -0.39 is 12.0 Å². The molecule has 2 rings (SSSR count). The summed E-state index contributed by atoms with van der Waals surface area (Å²) < 4.78 is 5.15. The van der Waals surface area contributed by atoms with Crippen LogP contribution in [0.1, 0.15) is 22.3 Å². The van der Waals surface area contributed by atoms with Crippen LogP contribution in [-0.2, 0) is 11.2 Å². The second kappa shape index (κ2) is 5.81. The minimum atomic E-state index is -1.07. The maximum atomic E-state index is 10.8. The number of ether oxygens (including phenoxy) is 1. The molecule has 6 heteroatoms. The monoisotopic (exact) mass is 278 g/mol. The minimum Gasteiger partial charge on any atom is -0.497 e. The summed E-state index contributed by atoms with van der Waals surface area (Å²) in [5.74, 6) is -0.283. The van der Waals surface area contributed by atoms with Crippen molar-refractivity contribution in [3.63, 3.8) is 0 Å². The zero-order chi connectivity index (χ0) is 13.8. The maximum absolute atomic E-state index is 10.8. The van der Waals surface area contributed by atoms with Crippen LogP contribution in [-0.4, -0.2) is 23.2 Å². The molecule has 5 nitrogen and oxygen atoms in total. The van der Waals surface area contributed by atoms with Gasteiger partial charge in [0.2, 0.25) is 0 Å². The lowest BCUT2D eigenvalue weighted by Crippen LogP contribution is -2.20. The van der Waals surface area contributed by atoms with Gasteiger partial charge >= 0.3 is 5.97 Å². The van der Waals surface area contributed by atoms with E-state index in [0.29, 0.717) is 12.1 Å². The van der Waals surface area contributed by atoms with E-state index in [1.165, 1.54) is 11.3 Å². The molecule has 1 atom stereocenters. The highest BCUT2D eigenvalue weighted by Crippen LogP contribution is 2.20. The van der Waals surface area contributed by atoms with E-state index in [0.717, 1.165) is 16.3 Å². The zero-order valence-electron chi connectivity index (χ0n) is 10.4. The molecule has 100 valence electrons. The summed E-state index contributed by atoms with van der Waals surface area (Å²) in [6.07, 6.45) is 0.633. The zero-order valence-corrected chi connectivity index (χ0v) is 11.2. The van der Waals surface area contributed by atoms with E-state index in [1.807, 2.05) is 24.3 Å². The molecule has 19 heavy (non-hydrogen) atoms. The van der Waals surface area contributed by atoms with Crippen molar-refractivity contribution in [3.05, 3.63) is 45.9 Å². The summed E-state index contributed by atoms with van der Waals surface area (Å²) in [5, 5.41) is 11.3. The Kier molecular flexibility index (Phi) is 4.13. The van der Waals surface area contributed by atoms with Gasteiger partial charge in [0, 0.05) is 11.8 Å². The number of nitrogens with zero attached hydrogens (tertiary/aromatic N) is 1. The molecule has 0 radical (unpaired) electrons. The first-order valence-corrected chi connectivity index (χ1v) is 6.53. The van der Waals surface area contributed by atoms with Gasteiger partial charge in [0.15, 0.2) is 0 Å². The van der Waals surface area contributed by atoms with Gasteiger partial charge in [-0.15, -0.1) is 11.3 Å². The average Bonchev–Trinajstić information content (AvgIpc) is 2.86.